The summed E-state index contributed by atoms with van der Waals surface area (Å²) in [5.74, 6) is -3.04. The number of hydrogen-bond donors (Lipinski definition) is 0. The van der Waals surface area contributed by atoms with E-state index in [0.29, 0.717) is 5.56 Å². The van der Waals surface area contributed by atoms with E-state index in [4.69, 9.17) is 5.26 Å². The molecule has 0 saturated heterocycles. The largest absolute Gasteiger partial charge is 0.286 e. The second-order valence-electron chi connectivity index (χ2n) is 3.79. The quantitative estimate of drug-likeness (QED) is 0.729. The molecule has 0 radical (unpaired) electrons. The van der Waals surface area contributed by atoms with Crippen molar-refractivity contribution in [3.63, 3.8) is 0 Å². The Kier molecular flexibility index (Phi) is 3.09. The Morgan fingerprint density at radius 1 is 1.13 bits per heavy atom. The average molecular weight is 209 g/mol. The predicted molar refractivity (Wildman–Crippen MR) is 54.8 cm³/mol. The van der Waals surface area contributed by atoms with E-state index in [-0.39, 0.29) is 5.56 Å². The van der Waals surface area contributed by atoms with Gasteiger partial charge < -0.3 is 0 Å². The van der Waals surface area contributed by atoms with Crippen molar-refractivity contribution in [3.05, 3.63) is 34.4 Å². The van der Waals surface area contributed by atoms with Crippen LogP contribution in [-0.2, 0) is 5.92 Å². The summed E-state index contributed by atoms with van der Waals surface area (Å²) in [5.41, 5.74) is 2.32. The van der Waals surface area contributed by atoms with Crippen LogP contribution in [0.5, 0.6) is 0 Å². The van der Waals surface area contributed by atoms with Crippen LogP contribution in [0.25, 0.3) is 0 Å². The molecule has 3 heteroatoms. The van der Waals surface area contributed by atoms with Gasteiger partial charge in [-0.2, -0.15) is 5.26 Å². The number of nitrogens with zero attached hydrogens (tertiary/aromatic N) is 1. The van der Waals surface area contributed by atoms with Crippen molar-refractivity contribution in [1.82, 2.24) is 0 Å². The van der Waals surface area contributed by atoms with Crippen LogP contribution in [0.3, 0.4) is 0 Å². The number of alkyl halides is 2. The second-order valence-corrected chi connectivity index (χ2v) is 3.79. The zero-order valence-corrected chi connectivity index (χ0v) is 9.06. The van der Waals surface area contributed by atoms with E-state index >= 15 is 0 Å². The number of benzene rings is 1. The van der Waals surface area contributed by atoms with E-state index in [2.05, 4.69) is 0 Å². The molecule has 0 N–H and O–H groups in total. The molecule has 0 aliphatic carbocycles. The molecule has 1 aromatic rings. The van der Waals surface area contributed by atoms with Crippen LogP contribution in [0.1, 0.15) is 28.7 Å². The van der Waals surface area contributed by atoms with E-state index in [0.717, 1.165) is 11.1 Å². The third kappa shape index (κ3) is 2.33. The van der Waals surface area contributed by atoms with Crippen LogP contribution in [-0.4, -0.2) is 0 Å². The van der Waals surface area contributed by atoms with E-state index in [1.165, 1.54) is 12.1 Å². The zero-order chi connectivity index (χ0) is 11.6. The maximum absolute atomic E-state index is 13.5. The van der Waals surface area contributed by atoms with Gasteiger partial charge in [-0.25, -0.2) is 8.78 Å². The Hall–Kier alpha value is -1.43. The van der Waals surface area contributed by atoms with Crippen molar-refractivity contribution < 1.29 is 8.78 Å². The molecule has 0 atom stereocenters. The van der Waals surface area contributed by atoms with Crippen molar-refractivity contribution in [3.8, 4) is 6.07 Å². The smallest absolute Gasteiger partial charge is 0.200 e. The molecule has 0 aromatic heterocycles. The van der Waals surface area contributed by atoms with Crippen LogP contribution in [0.15, 0.2) is 12.1 Å². The van der Waals surface area contributed by atoms with E-state index < -0.39 is 12.3 Å². The summed E-state index contributed by atoms with van der Waals surface area (Å²) < 4.78 is 27.0. The van der Waals surface area contributed by atoms with Crippen LogP contribution in [0.2, 0.25) is 0 Å². The monoisotopic (exact) mass is 209 g/mol. The summed E-state index contributed by atoms with van der Waals surface area (Å²) in [7, 11) is 0. The van der Waals surface area contributed by atoms with Gasteiger partial charge in [0.15, 0.2) is 0 Å². The van der Waals surface area contributed by atoms with Gasteiger partial charge in [0.05, 0.1) is 6.07 Å². The highest BCUT2D eigenvalue weighted by Crippen LogP contribution is 2.34. The van der Waals surface area contributed by atoms with Gasteiger partial charge in [0.25, 0.3) is 5.92 Å². The molecule has 0 aliphatic rings. The molecule has 15 heavy (non-hydrogen) atoms. The lowest BCUT2D eigenvalue weighted by Gasteiger charge is -2.17. The Bertz CT molecular complexity index is 416. The van der Waals surface area contributed by atoms with Crippen LogP contribution in [0.4, 0.5) is 8.78 Å². The molecule has 1 nitrogen and oxygen atoms in total. The first-order chi connectivity index (χ1) is 6.88. The number of aryl methyl sites for hydroxylation is 3. The molecule has 0 bridgehead atoms. The standard InChI is InChI=1S/C12H13F2N/c1-8-6-10(3)11(7-9(8)2)12(13,14)4-5-15/h6-7H,4H2,1-3H3. The summed E-state index contributed by atoms with van der Waals surface area (Å²) in [6.07, 6.45) is -0.768. The molecule has 0 amide bonds. The highest BCUT2D eigenvalue weighted by atomic mass is 19.3. The van der Waals surface area contributed by atoms with Gasteiger partial charge >= 0.3 is 0 Å². The first kappa shape index (κ1) is 11.6. The van der Waals surface area contributed by atoms with Crippen LogP contribution >= 0.6 is 0 Å². The number of halogens is 2. The van der Waals surface area contributed by atoms with Crippen molar-refractivity contribution in [1.29, 1.82) is 5.26 Å². The average Bonchev–Trinajstić information content (AvgIpc) is 2.11. The second kappa shape index (κ2) is 3.98. The van der Waals surface area contributed by atoms with Gasteiger partial charge in [0.2, 0.25) is 0 Å². The van der Waals surface area contributed by atoms with E-state index in [9.17, 15) is 8.78 Å². The first-order valence-corrected chi connectivity index (χ1v) is 4.71. The summed E-state index contributed by atoms with van der Waals surface area (Å²) in [6.45, 7) is 5.32. The lowest BCUT2D eigenvalue weighted by Crippen LogP contribution is -2.14. The Labute approximate surface area is 88.3 Å². The fourth-order valence-electron chi connectivity index (χ4n) is 1.55. The van der Waals surface area contributed by atoms with E-state index in [1.54, 1.807) is 19.9 Å². The SMILES string of the molecule is Cc1cc(C)c(C(F)(F)CC#N)cc1C. The minimum absolute atomic E-state index is 0.0350. The minimum atomic E-state index is -3.04. The van der Waals surface area contributed by atoms with Gasteiger partial charge in [-0.05, 0) is 43.5 Å². The summed E-state index contributed by atoms with van der Waals surface area (Å²) in [6, 6.07) is 4.72. The Morgan fingerprint density at radius 2 is 1.67 bits per heavy atom. The molecule has 0 heterocycles. The molecule has 0 saturated carbocycles. The highest BCUT2D eigenvalue weighted by molar-refractivity contribution is 5.39. The molecule has 1 aromatic carbocycles. The molecular formula is C12H13F2N. The normalized spacial score (nSPS) is 11.2. The van der Waals surface area contributed by atoms with Crippen molar-refractivity contribution >= 4 is 0 Å². The van der Waals surface area contributed by atoms with E-state index in [1.807, 2.05) is 6.92 Å². The van der Waals surface area contributed by atoms with Crippen LogP contribution < -0.4 is 0 Å². The molecule has 0 fully saturated rings. The molecule has 0 unspecified atom stereocenters. The molecule has 0 aliphatic heterocycles. The van der Waals surface area contributed by atoms with Gasteiger partial charge in [-0.1, -0.05) is 6.07 Å². The van der Waals surface area contributed by atoms with Gasteiger partial charge in [-0.3, -0.25) is 0 Å². The third-order valence-corrected chi connectivity index (χ3v) is 2.54. The number of nitriles is 1. The molecule has 80 valence electrons. The maximum atomic E-state index is 13.5. The fourth-order valence-corrected chi connectivity index (χ4v) is 1.55. The summed E-state index contributed by atoms with van der Waals surface area (Å²) in [5, 5.41) is 8.35. The minimum Gasteiger partial charge on any atom is -0.200 e. The van der Waals surface area contributed by atoms with Crippen molar-refractivity contribution in [2.45, 2.75) is 33.1 Å². The molecule has 1 rings (SSSR count). The van der Waals surface area contributed by atoms with Crippen LogP contribution in [0, 0.1) is 32.1 Å². The lowest BCUT2D eigenvalue weighted by molar-refractivity contribution is 0.000262. The van der Waals surface area contributed by atoms with Gasteiger partial charge in [0, 0.05) is 5.56 Å². The molecule has 0 spiro atoms. The topological polar surface area (TPSA) is 23.8 Å². The maximum Gasteiger partial charge on any atom is 0.286 e. The summed E-state index contributed by atoms with van der Waals surface area (Å²) in [4.78, 5) is 0. The van der Waals surface area contributed by atoms with Gasteiger partial charge in [-0.15, -0.1) is 0 Å². The Balaban J connectivity index is 3.27. The Morgan fingerprint density at radius 3 is 2.20 bits per heavy atom. The van der Waals surface area contributed by atoms with Crippen molar-refractivity contribution in [2.24, 2.45) is 0 Å². The lowest BCUT2D eigenvalue weighted by atomic mass is 9.95. The third-order valence-electron chi connectivity index (χ3n) is 2.54. The predicted octanol–water partition coefficient (Wildman–Crippen LogP) is 3.62. The number of hydrogen-bond acceptors (Lipinski definition) is 1. The highest BCUT2D eigenvalue weighted by Gasteiger charge is 2.33. The summed E-state index contributed by atoms with van der Waals surface area (Å²) >= 11 is 0. The fraction of sp³-hybridized carbons (Fsp3) is 0.417. The van der Waals surface area contributed by atoms with Gasteiger partial charge in [0.1, 0.15) is 6.42 Å². The first-order valence-electron chi connectivity index (χ1n) is 4.71. The number of rotatable bonds is 2. The zero-order valence-electron chi connectivity index (χ0n) is 9.06. The molecular weight excluding hydrogens is 196 g/mol. The van der Waals surface area contributed by atoms with Crippen molar-refractivity contribution in [2.75, 3.05) is 0 Å².